The maximum absolute atomic E-state index is 8.23. The number of piperidine rings is 1. The van der Waals surface area contributed by atoms with Crippen LogP contribution in [-0.2, 0) is 0 Å². The van der Waals surface area contributed by atoms with Crippen molar-refractivity contribution in [3.05, 3.63) is 10.4 Å². The maximum atomic E-state index is 8.23. The summed E-state index contributed by atoms with van der Waals surface area (Å²) in [5.74, 6) is 0. The van der Waals surface area contributed by atoms with Crippen LogP contribution in [0.5, 0.6) is 0 Å². The summed E-state index contributed by atoms with van der Waals surface area (Å²) in [7, 11) is 0. The first-order valence-corrected chi connectivity index (χ1v) is 6.58. The SMILES string of the molecule is [N-]=[N+]=NCCN1CCC2(CCCCC2)CC1. The van der Waals surface area contributed by atoms with Gasteiger partial charge in [-0.2, -0.15) is 0 Å². The molecule has 1 saturated carbocycles. The van der Waals surface area contributed by atoms with E-state index in [2.05, 4.69) is 14.9 Å². The van der Waals surface area contributed by atoms with Crippen LogP contribution in [0, 0.1) is 5.41 Å². The van der Waals surface area contributed by atoms with Crippen LogP contribution in [0.3, 0.4) is 0 Å². The van der Waals surface area contributed by atoms with E-state index in [4.69, 9.17) is 5.53 Å². The predicted molar refractivity (Wildman–Crippen MR) is 65.2 cm³/mol. The number of likely N-dealkylation sites (tertiary alicyclic amines) is 1. The molecule has 2 rings (SSSR count). The van der Waals surface area contributed by atoms with Crippen molar-refractivity contribution in [1.82, 2.24) is 4.90 Å². The number of azide groups is 1. The molecule has 16 heavy (non-hydrogen) atoms. The van der Waals surface area contributed by atoms with Gasteiger partial charge in [0.15, 0.2) is 0 Å². The first-order valence-electron chi connectivity index (χ1n) is 6.58. The van der Waals surface area contributed by atoms with Crippen LogP contribution in [0.4, 0.5) is 0 Å². The zero-order valence-electron chi connectivity index (χ0n) is 10.1. The van der Waals surface area contributed by atoms with Crippen molar-refractivity contribution in [3.63, 3.8) is 0 Å². The van der Waals surface area contributed by atoms with Gasteiger partial charge in [0, 0.05) is 18.0 Å². The van der Waals surface area contributed by atoms with Crippen LogP contribution in [0.15, 0.2) is 5.11 Å². The molecule has 0 N–H and O–H groups in total. The zero-order chi connectivity index (χ0) is 11.3. The fourth-order valence-electron chi connectivity index (χ4n) is 3.28. The van der Waals surface area contributed by atoms with Crippen molar-refractivity contribution in [1.29, 1.82) is 0 Å². The topological polar surface area (TPSA) is 52.0 Å². The lowest BCUT2D eigenvalue weighted by Crippen LogP contribution is -2.41. The third kappa shape index (κ3) is 2.89. The van der Waals surface area contributed by atoms with Gasteiger partial charge in [-0.3, -0.25) is 0 Å². The molecule has 0 atom stereocenters. The van der Waals surface area contributed by atoms with Crippen molar-refractivity contribution in [2.75, 3.05) is 26.2 Å². The summed E-state index contributed by atoms with van der Waals surface area (Å²) in [5.41, 5.74) is 8.92. The van der Waals surface area contributed by atoms with Crippen molar-refractivity contribution in [2.24, 2.45) is 10.5 Å². The minimum atomic E-state index is 0.628. The van der Waals surface area contributed by atoms with Gasteiger partial charge >= 0.3 is 0 Å². The number of nitrogens with zero attached hydrogens (tertiary/aromatic N) is 4. The molecule has 90 valence electrons. The fraction of sp³-hybridized carbons (Fsp3) is 1.00. The highest BCUT2D eigenvalue weighted by Crippen LogP contribution is 2.44. The van der Waals surface area contributed by atoms with Gasteiger partial charge in [0.1, 0.15) is 0 Å². The predicted octanol–water partition coefficient (Wildman–Crippen LogP) is 3.34. The molecule has 1 aliphatic heterocycles. The molecule has 0 radical (unpaired) electrons. The van der Waals surface area contributed by atoms with Gasteiger partial charge < -0.3 is 4.90 Å². The molecule has 1 spiro atoms. The Bertz CT molecular complexity index is 254. The molecule has 0 bridgehead atoms. The smallest absolute Gasteiger partial charge is 0.0385 e. The maximum Gasteiger partial charge on any atom is 0.0385 e. The fourth-order valence-corrected chi connectivity index (χ4v) is 3.28. The lowest BCUT2D eigenvalue weighted by Gasteiger charge is -2.44. The molecular weight excluding hydrogens is 200 g/mol. The van der Waals surface area contributed by atoms with Crippen LogP contribution in [0.25, 0.3) is 10.4 Å². The normalized spacial score (nSPS) is 25.2. The minimum Gasteiger partial charge on any atom is -0.303 e. The second-order valence-corrected chi connectivity index (χ2v) is 5.36. The van der Waals surface area contributed by atoms with E-state index in [-0.39, 0.29) is 0 Å². The highest BCUT2D eigenvalue weighted by atomic mass is 15.2. The summed E-state index contributed by atoms with van der Waals surface area (Å²) < 4.78 is 0. The van der Waals surface area contributed by atoms with E-state index in [1.54, 1.807) is 0 Å². The molecule has 1 saturated heterocycles. The van der Waals surface area contributed by atoms with Gasteiger partial charge in [-0.15, -0.1) is 0 Å². The van der Waals surface area contributed by atoms with Crippen LogP contribution >= 0.6 is 0 Å². The monoisotopic (exact) mass is 222 g/mol. The lowest BCUT2D eigenvalue weighted by atomic mass is 9.68. The summed E-state index contributed by atoms with van der Waals surface area (Å²) in [6, 6.07) is 0. The highest BCUT2D eigenvalue weighted by Gasteiger charge is 2.34. The molecule has 0 aromatic rings. The van der Waals surface area contributed by atoms with Gasteiger partial charge in [0.2, 0.25) is 0 Å². The third-order valence-corrected chi connectivity index (χ3v) is 4.41. The van der Waals surface area contributed by atoms with Crippen LogP contribution in [0.1, 0.15) is 44.9 Å². The summed E-state index contributed by atoms with van der Waals surface area (Å²) in [5, 5.41) is 3.61. The van der Waals surface area contributed by atoms with Crippen molar-refractivity contribution < 1.29 is 0 Å². The molecule has 0 aromatic heterocycles. The molecule has 4 nitrogen and oxygen atoms in total. The highest BCUT2D eigenvalue weighted by molar-refractivity contribution is 4.88. The molecule has 0 aromatic carbocycles. The first kappa shape index (κ1) is 11.7. The Morgan fingerprint density at radius 1 is 1.06 bits per heavy atom. The van der Waals surface area contributed by atoms with Gasteiger partial charge in [0.25, 0.3) is 0 Å². The van der Waals surface area contributed by atoms with E-state index in [1.807, 2.05) is 0 Å². The summed E-state index contributed by atoms with van der Waals surface area (Å²) in [4.78, 5) is 5.25. The summed E-state index contributed by atoms with van der Waals surface area (Å²) in [6.45, 7) is 3.99. The average Bonchev–Trinajstić information content (AvgIpc) is 2.33. The molecule has 1 aliphatic carbocycles. The quantitative estimate of drug-likeness (QED) is 0.410. The molecule has 2 aliphatic rings. The minimum absolute atomic E-state index is 0.628. The van der Waals surface area contributed by atoms with Crippen molar-refractivity contribution >= 4 is 0 Å². The zero-order valence-corrected chi connectivity index (χ0v) is 10.1. The van der Waals surface area contributed by atoms with Gasteiger partial charge in [-0.05, 0) is 49.7 Å². The summed E-state index contributed by atoms with van der Waals surface area (Å²) >= 11 is 0. The van der Waals surface area contributed by atoms with Crippen molar-refractivity contribution in [3.8, 4) is 0 Å². The molecule has 0 amide bonds. The number of hydrogen-bond donors (Lipinski definition) is 0. The Balaban J connectivity index is 1.75. The number of hydrogen-bond acceptors (Lipinski definition) is 2. The van der Waals surface area contributed by atoms with E-state index < -0.39 is 0 Å². The van der Waals surface area contributed by atoms with Crippen LogP contribution < -0.4 is 0 Å². The van der Waals surface area contributed by atoms with E-state index in [1.165, 1.54) is 58.0 Å². The second-order valence-electron chi connectivity index (χ2n) is 5.36. The molecule has 1 heterocycles. The van der Waals surface area contributed by atoms with Crippen LogP contribution in [0.2, 0.25) is 0 Å². The van der Waals surface area contributed by atoms with E-state index in [9.17, 15) is 0 Å². The third-order valence-electron chi connectivity index (χ3n) is 4.41. The molecule has 0 unspecified atom stereocenters. The van der Waals surface area contributed by atoms with Gasteiger partial charge in [-0.1, -0.05) is 24.4 Å². The Morgan fingerprint density at radius 2 is 1.75 bits per heavy atom. The van der Waals surface area contributed by atoms with Gasteiger partial charge in [-0.25, -0.2) is 0 Å². The summed E-state index contributed by atoms with van der Waals surface area (Å²) in [6.07, 6.45) is 9.97. The second kappa shape index (κ2) is 5.55. The average molecular weight is 222 g/mol. The lowest BCUT2D eigenvalue weighted by molar-refractivity contribution is 0.0694. The Hall–Kier alpha value is -0.730. The standard InChI is InChI=1S/C12H22N4/c13-15-14-8-11-16-9-6-12(7-10-16)4-2-1-3-5-12/h1-11H2. The van der Waals surface area contributed by atoms with E-state index >= 15 is 0 Å². The Morgan fingerprint density at radius 3 is 2.38 bits per heavy atom. The first-order chi connectivity index (χ1) is 7.85. The molecule has 2 fully saturated rings. The van der Waals surface area contributed by atoms with E-state index in [0.29, 0.717) is 12.0 Å². The number of rotatable bonds is 3. The Kier molecular flexibility index (Phi) is 4.08. The van der Waals surface area contributed by atoms with E-state index in [0.717, 1.165) is 6.54 Å². The Labute approximate surface area is 97.6 Å². The van der Waals surface area contributed by atoms with Crippen LogP contribution in [-0.4, -0.2) is 31.1 Å². The van der Waals surface area contributed by atoms with Crippen molar-refractivity contribution in [2.45, 2.75) is 44.9 Å². The largest absolute Gasteiger partial charge is 0.303 e. The molecule has 4 heteroatoms. The molecular formula is C12H22N4. The van der Waals surface area contributed by atoms with Gasteiger partial charge in [0.05, 0.1) is 0 Å².